The second-order valence-electron chi connectivity index (χ2n) is 11.6. The SMILES string of the molecule is CC(C)(C=C(C#N)C(=O)N1CCC[C@@H](n2nc(-c3ccc(Oc4ccccc4)cc3F)c3c(N)ncnc32)C1)NC1COC1. The number of anilines is 1. The van der Waals surface area contributed by atoms with E-state index in [2.05, 4.69) is 21.4 Å². The van der Waals surface area contributed by atoms with Crippen LogP contribution in [-0.4, -0.2) is 68.4 Å². The maximum Gasteiger partial charge on any atom is 0.264 e. The summed E-state index contributed by atoms with van der Waals surface area (Å²) in [5.41, 5.74) is 6.75. The summed E-state index contributed by atoms with van der Waals surface area (Å²) in [6.07, 6.45) is 4.42. The van der Waals surface area contributed by atoms with Gasteiger partial charge >= 0.3 is 0 Å². The van der Waals surface area contributed by atoms with E-state index >= 15 is 4.39 Å². The Balaban J connectivity index is 1.28. The molecule has 0 aliphatic carbocycles. The number of nitriles is 1. The average molecular weight is 597 g/mol. The number of benzene rings is 2. The van der Waals surface area contributed by atoms with Gasteiger partial charge in [-0.2, -0.15) is 10.4 Å². The highest BCUT2D eigenvalue weighted by atomic mass is 19.1. The molecule has 0 radical (unpaired) electrons. The molecule has 0 bridgehead atoms. The highest BCUT2D eigenvalue weighted by Crippen LogP contribution is 2.36. The number of nitrogen functional groups attached to an aromatic ring is 1. The Labute approximate surface area is 254 Å². The van der Waals surface area contributed by atoms with Gasteiger partial charge in [0.15, 0.2) is 5.65 Å². The largest absolute Gasteiger partial charge is 0.457 e. The third kappa shape index (κ3) is 5.97. The first-order chi connectivity index (χ1) is 21.2. The Morgan fingerprint density at radius 3 is 2.70 bits per heavy atom. The predicted molar refractivity (Wildman–Crippen MR) is 162 cm³/mol. The Kier molecular flexibility index (Phi) is 7.99. The van der Waals surface area contributed by atoms with Crippen molar-refractivity contribution in [2.75, 3.05) is 32.0 Å². The summed E-state index contributed by atoms with van der Waals surface area (Å²) in [4.78, 5) is 23.8. The molecule has 1 amide bonds. The summed E-state index contributed by atoms with van der Waals surface area (Å²) in [6.45, 7) is 5.86. The molecule has 0 spiro atoms. The van der Waals surface area contributed by atoms with Crippen LogP contribution in [0.15, 0.2) is 66.5 Å². The number of ether oxygens (including phenoxy) is 2. The molecule has 44 heavy (non-hydrogen) atoms. The van der Waals surface area contributed by atoms with Gasteiger partial charge in [-0.1, -0.05) is 18.2 Å². The van der Waals surface area contributed by atoms with Gasteiger partial charge in [0.2, 0.25) is 0 Å². The lowest BCUT2D eigenvalue weighted by molar-refractivity contribution is -0.128. The Morgan fingerprint density at radius 2 is 2.00 bits per heavy atom. The molecule has 11 nitrogen and oxygen atoms in total. The second-order valence-corrected chi connectivity index (χ2v) is 11.6. The van der Waals surface area contributed by atoms with Gasteiger partial charge in [-0.3, -0.25) is 4.79 Å². The Hall–Kier alpha value is -4.86. The summed E-state index contributed by atoms with van der Waals surface area (Å²) in [7, 11) is 0. The molecule has 2 aromatic carbocycles. The number of hydrogen-bond donors (Lipinski definition) is 2. The number of para-hydroxylation sites is 1. The molecule has 2 aliphatic rings. The zero-order chi connectivity index (χ0) is 30.8. The van der Waals surface area contributed by atoms with Gasteiger partial charge < -0.3 is 25.4 Å². The maximum absolute atomic E-state index is 15.6. The molecular formula is C32H33FN8O3. The van der Waals surface area contributed by atoms with Gasteiger partial charge in [0.25, 0.3) is 5.91 Å². The van der Waals surface area contributed by atoms with Crippen molar-refractivity contribution < 1.29 is 18.7 Å². The number of hydrogen-bond acceptors (Lipinski definition) is 9. The topological polar surface area (TPSA) is 144 Å². The quantitative estimate of drug-likeness (QED) is 0.224. The lowest BCUT2D eigenvalue weighted by atomic mass is 9.98. The van der Waals surface area contributed by atoms with Crippen molar-refractivity contribution in [2.45, 2.75) is 44.3 Å². The summed E-state index contributed by atoms with van der Waals surface area (Å²) in [6, 6.07) is 15.7. The smallest absolute Gasteiger partial charge is 0.264 e. The molecule has 2 fully saturated rings. The van der Waals surface area contributed by atoms with E-state index in [1.807, 2.05) is 32.0 Å². The number of aromatic nitrogens is 4. The van der Waals surface area contributed by atoms with E-state index in [0.29, 0.717) is 67.4 Å². The maximum atomic E-state index is 15.6. The van der Waals surface area contributed by atoms with Crippen LogP contribution in [0.25, 0.3) is 22.3 Å². The molecule has 6 rings (SSSR count). The number of likely N-dealkylation sites (tertiary alicyclic amines) is 1. The van der Waals surface area contributed by atoms with E-state index in [0.717, 1.165) is 0 Å². The number of amides is 1. The third-order valence-corrected chi connectivity index (χ3v) is 7.79. The molecule has 4 heterocycles. The van der Waals surface area contributed by atoms with Crippen LogP contribution < -0.4 is 15.8 Å². The van der Waals surface area contributed by atoms with Crippen molar-refractivity contribution in [3.8, 4) is 28.8 Å². The summed E-state index contributed by atoms with van der Waals surface area (Å²) in [5, 5.41) is 18.5. The zero-order valence-electron chi connectivity index (χ0n) is 24.5. The molecule has 12 heteroatoms. The number of piperidine rings is 1. The van der Waals surface area contributed by atoms with Gasteiger partial charge in [0, 0.05) is 30.3 Å². The van der Waals surface area contributed by atoms with Crippen LogP contribution in [0.4, 0.5) is 10.2 Å². The summed E-state index contributed by atoms with van der Waals surface area (Å²) >= 11 is 0. The number of halogens is 1. The normalized spacial score (nSPS) is 17.7. The molecule has 2 saturated heterocycles. The minimum absolute atomic E-state index is 0.0702. The van der Waals surface area contributed by atoms with Crippen LogP contribution in [0.2, 0.25) is 0 Å². The fraction of sp³-hybridized carbons (Fsp3) is 0.344. The summed E-state index contributed by atoms with van der Waals surface area (Å²) < 4.78 is 28.3. The molecule has 3 N–H and O–H groups in total. The second kappa shape index (κ2) is 12.0. The number of nitrogens with zero attached hydrogens (tertiary/aromatic N) is 6. The van der Waals surface area contributed by atoms with Crippen molar-refractivity contribution in [2.24, 2.45) is 0 Å². The standard InChI is InChI=1S/C32H33FN8O3/c1-32(2,38-21-17-43-18-21)14-20(15-34)31(42)40-12-6-7-22(16-40)41-30-27(29(35)36-19-37-30)28(39-41)25-11-10-24(13-26(25)33)44-23-8-4-3-5-9-23/h3-5,8-11,13-14,19,21-22,38H,6-7,12,16-18H2,1-2H3,(H2,35,36,37)/t22-/m1/s1. The molecule has 2 aliphatic heterocycles. The number of fused-ring (bicyclic) bond motifs is 1. The average Bonchev–Trinajstić information content (AvgIpc) is 3.39. The van der Waals surface area contributed by atoms with Gasteiger partial charge in [-0.15, -0.1) is 0 Å². The van der Waals surface area contributed by atoms with Gasteiger partial charge in [-0.25, -0.2) is 19.0 Å². The molecule has 226 valence electrons. The Morgan fingerprint density at radius 1 is 1.20 bits per heavy atom. The van der Waals surface area contributed by atoms with E-state index in [1.165, 1.54) is 12.4 Å². The van der Waals surface area contributed by atoms with Crippen LogP contribution in [0.1, 0.15) is 32.7 Å². The number of nitrogens with one attached hydrogen (secondary N) is 1. The van der Waals surface area contributed by atoms with Crippen LogP contribution in [0.3, 0.4) is 0 Å². The first kappa shape index (κ1) is 29.2. The Bertz CT molecular complexity index is 1760. The highest BCUT2D eigenvalue weighted by Gasteiger charge is 2.32. The van der Waals surface area contributed by atoms with Crippen LogP contribution >= 0.6 is 0 Å². The van der Waals surface area contributed by atoms with E-state index < -0.39 is 11.4 Å². The minimum Gasteiger partial charge on any atom is -0.457 e. The van der Waals surface area contributed by atoms with Gasteiger partial charge in [0.05, 0.1) is 30.7 Å². The van der Waals surface area contributed by atoms with E-state index in [1.54, 1.807) is 39.9 Å². The fourth-order valence-corrected chi connectivity index (χ4v) is 5.71. The van der Waals surface area contributed by atoms with E-state index in [9.17, 15) is 10.1 Å². The van der Waals surface area contributed by atoms with E-state index in [4.69, 9.17) is 20.3 Å². The van der Waals surface area contributed by atoms with Crippen LogP contribution in [0.5, 0.6) is 11.5 Å². The van der Waals surface area contributed by atoms with Crippen molar-refractivity contribution in [1.82, 2.24) is 30.0 Å². The monoisotopic (exact) mass is 596 g/mol. The first-order valence-electron chi connectivity index (χ1n) is 14.5. The summed E-state index contributed by atoms with van der Waals surface area (Å²) in [5.74, 6) is 0.216. The number of nitrogens with two attached hydrogens (primary N) is 1. The lowest BCUT2D eigenvalue weighted by Crippen LogP contribution is -2.54. The minimum atomic E-state index is -0.572. The molecular weight excluding hydrogens is 563 g/mol. The molecule has 1 atom stereocenters. The van der Waals surface area contributed by atoms with Crippen molar-refractivity contribution in [1.29, 1.82) is 5.26 Å². The molecule has 0 saturated carbocycles. The lowest BCUT2D eigenvalue weighted by Gasteiger charge is -2.35. The third-order valence-electron chi connectivity index (χ3n) is 7.79. The first-order valence-corrected chi connectivity index (χ1v) is 14.5. The number of carbonyl (C=O) groups is 1. The predicted octanol–water partition coefficient (Wildman–Crippen LogP) is 4.39. The van der Waals surface area contributed by atoms with Gasteiger partial charge in [0.1, 0.15) is 46.8 Å². The molecule has 4 aromatic rings. The highest BCUT2D eigenvalue weighted by molar-refractivity contribution is 5.99. The van der Waals surface area contributed by atoms with Crippen molar-refractivity contribution >= 4 is 22.8 Å². The molecule has 2 aromatic heterocycles. The van der Waals surface area contributed by atoms with Crippen molar-refractivity contribution in [3.05, 3.63) is 72.3 Å². The fourth-order valence-electron chi connectivity index (χ4n) is 5.71. The number of rotatable bonds is 8. The molecule has 0 unspecified atom stereocenters. The van der Waals surface area contributed by atoms with Gasteiger partial charge in [-0.05, 0) is 57.0 Å². The van der Waals surface area contributed by atoms with Crippen LogP contribution in [-0.2, 0) is 9.53 Å². The van der Waals surface area contributed by atoms with E-state index in [-0.39, 0.29) is 34.9 Å². The van der Waals surface area contributed by atoms with Crippen molar-refractivity contribution in [3.63, 3.8) is 0 Å². The number of carbonyl (C=O) groups excluding carboxylic acids is 1. The zero-order valence-corrected chi connectivity index (χ0v) is 24.5. The van der Waals surface area contributed by atoms with Crippen LogP contribution in [0, 0.1) is 17.1 Å².